The molecule has 1 aliphatic rings. The molecule has 19 heavy (non-hydrogen) atoms. The van der Waals surface area contributed by atoms with E-state index >= 15 is 0 Å². The van der Waals surface area contributed by atoms with Crippen LogP contribution in [-0.4, -0.2) is 43.8 Å². The summed E-state index contributed by atoms with van der Waals surface area (Å²) in [7, 11) is -3.02. The molecule has 1 aromatic rings. The number of amides is 1. The van der Waals surface area contributed by atoms with E-state index in [1.807, 2.05) is 0 Å². The van der Waals surface area contributed by atoms with Crippen LogP contribution in [0.1, 0.15) is 35.4 Å². The summed E-state index contributed by atoms with van der Waals surface area (Å²) in [6.45, 7) is 2.88. The molecule has 6 heteroatoms. The van der Waals surface area contributed by atoms with Crippen molar-refractivity contribution in [2.24, 2.45) is 0 Å². The first-order chi connectivity index (χ1) is 8.88. The molecule has 0 radical (unpaired) electrons. The average molecular weight is 285 g/mol. The monoisotopic (exact) mass is 285 g/mol. The third kappa shape index (κ3) is 3.37. The van der Waals surface area contributed by atoms with Crippen molar-refractivity contribution in [3.8, 4) is 0 Å². The van der Waals surface area contributed by atoms with E-state index in [2.05, 4.69) is 0 Å². The van der Waals surface area contributed by atoms with Crippen molar-refractivity contribution >= 4 is 15.7 Å². The molecule has 0 aromatic carbocycles. The molecule has 2 rings (SSSR count). The first-order valence-electron chi connectivity index (χ1n) is 6.41. The fraction of sp³-hybridized carbons (Fsp3) is 0.615. The van der Waals surface area contributed by atoms with Crippen molar-refractivity contribution in [3.63, 3.8) is 0 Å². The Balaban J connectivity index is 2.05. The highest BCUT2D eigenvalue weighted by Gasteiger charge is 2.27. The first-order valence-corrected chi connectivity index (χ1v) is 8.36. The maximum Gasteiger partial charge on any atom is 0.257 e. The standard InChI is InChI=1S/C13H19NO4S/c1-10-8-11(9-18-10)13(15)14-6-3-4-12(5-7-14)19(2,16)17/h8-9,12H,3-7H2,1-2H3. The number of aryl methyl sites for hydroxylation is 1. The maximum atomic E-state index is 12.2. The van der Waals surface area contributed by atoms with Crippen LogP contribution in [0, 0.1) is 6.92 Å². The number of carbonyl (C=O) groups excluding carboxylic acids is 1. The number of sulfone groups is 1. The Kier molecular flexibility index (Phi) is 3.99. The largest absolute Gasteiger partial charge is 0.469 e. The Morgan fingerprint density at radius 1 is 1.37 bits per heavy atom. The van der Waals surface area contributed by atoms with Gasteiger partial charge in [0.2, 0.25) is 0 Å². The van der Waals surface area contributed by atoms with Gasteiger partial charge in [0.05, 0.1) is 10.8 Å². The molecule has 1 aromatic heterocycles. The van der Waals surface area contributed by atoms with Crippen LogP contribution in [-0.2, 0) is 9.84 Å². The van der Waals surface area contributed by atoms with Crippen molar-refractivity contribution in [3.05, 3.63) is 23.7 Å². The van der Waals surface area contributed by atoms with Crippen LogP contribution >= 0.6 is 0 Å². The van der Waals surface area contributed by atoms with Crippen molar-refractivity contribution in [1.82, 2.24) is 4.90 Å². The fourth-order valence-electron chi connectivity index (χ4n) is 2.44. The summed E-state index contributed by atoms with van der Waals surface area (Å²) in [6, 6.07) is 1.71. The van der Waals surface area contributed by atoms with Crippen molar-refractivity contribution < 1.29 is 17.6 Å². The van der Waals surface area contributed by atoms with Gasteiger partial charge in [-0.2, -0.15) is 0 Å². The van der Waals surface area contributed by atoms with E-state index in [0.29, 0.717) is 37.3 Å². The minimum Gasteiger partial charge on any atom is -0.469 e. The maximum absolute atomic E-state index is 12.2. The average Bonchev–Trinajstić information content (AvgIpc) is 2.62. The van der Waals surface area contributed by atoms with Crippen LogP contribution in [0.4, 0.5) is 0 Å². The molecule has 0 spiro atoms. The van der Waals surface area contributed by atoms with E-state index in [9.17, 15) is 13.2 Å². The molecular formula is C13H19NO4S. The summed E-state index contributed by atoms with van der Waals surface area (Å²) in [5, 5.41) is -0.323. The Hall–Kier alpha value is -1.30. The Morgan fingerprint density at radius 2 is 2.11 bits per heavy atom. The molecule has 1 aliphatic heterocycles. The summed E-state index contributed by atoms with van der Waals surface area (Å²) in [5.41, 5.74) is 0.537. The van der Waals surface area contributed by atoms with E-state index in [-0.39, 0.29) is 11.2 Å². The number of hydrogen-bond donors (Lipinski definition) is 0. The molecule has 1 amide bonds. The zero-order valence-corrected chi connectivity index (χ0v) is 12.1. The van der Waals surface area contributed by atoms with Crippen LogP contribution in [0.2, 0.25) is 0 Å². The van der Waals surface area contributed by atoms with Gasteiger partial charge in [-0.25, -0.2) is 8.42 Å². The van der Waals surface area contributed by atoms with Crippen LogP contribution in [0.5, 0.6) is 0 Å². The minimum absolute atomic E-state index is 0.0778. The van der Waals surface area contributed by atoms with Gasteiger partial charge in [0.1, 0.15) is 21.9 Å². The minimum atomic E-state index is -3.02. The van der Waals surface area contributed by atoms with E-state index in [1.165, 1.54) is 12.5 Å². The highest BCUT2D eigenvalue weighted by atomic mass is 32.2. The second-order valence-corrected chi connectivity index (χ2v) is 7.45. The summed E-state index contributed by atoms with van der Waals surface area (Å²) in [5.74, 6) is 0.623. The van der Waals surface area contributed by atoms with Crippen LogP contribution < -0.4 is 0 Å². The number of likely N-dealkylation sites (tertiary alicyclic amines) is 1. The quantitative estimate of drug-likeness (QED) is 0.828. The van der Waals surface area contributed by atoms with Crippen LogP contribution in [0.25, 0.3) is 0 Å². The zero-order chi connectivity index (χ0) is 14.0. The van der Waals surface area contributed by atoms with Gasteiger partial charge in [0, 0.05) is 19.3 Å². The highest BCUT2D eigenvalue weighted by molar-refractivity contribution is 7.91. The lowest BCUT2D eigenvalue weighted by Crippen LogP contribution is -2.32. The predicted octanol–water partition coefficient (Wildman–Crippen LogP) is 1.63. The summed E-state index contributed by atoms with van der Waals surface area (Å²) in [6.07, 6.45) is 4.60. The van der Waals surface area contributed by atoms with Gasteiger partial charge < -0.3 is 9.32 Å². The molecule has 0 saturated carbocycles. The number of hydrogen-bond acceptors (Lipinski definition) is 4. The lowest BCUT2D eigenvalue weighted by atomic mass is 10.2. The molecule has 1 atom stereocenters. The normalized spacial score (nSPS) is 21.2. The molecule has 0 bridgehead atoms. The number of rotatable bonds is 2. The summed E-state index contributed by atoms with van der Waals surface area (Å²) in [4.78, 5) is 14.0. The molecule has 1 saturated heterocycles. The summed E-state index contributed by atoms with van der Waals surface area (Å²) >= 11 is 0. The van der Waals surface area contributed by atoms with Crippen molar-refractivity contribution in [1.29, 1.82) is 0 Å². The van der Waals surface area contributed by atoms with Crippen molar-refractivity contribution in [2.75, 3.05) is 19.3 Å². The number of furan rings is 1. The third-order valence-electron chi connectivity index (χ3n) is 3.55. The van der Waals surface area contributed by atoms with E-state index in [1.54, 1.807) is 17.9 Å². The lowest BCUT2D eigenvalue weighted by Gasteiger charge is -2.19. The van der Waals surface area contributed by atoms with E-state index in [4.69, 9.17) is 4.42 Å². The molecular weight excluding hydrogens is 266 g/mol. The van der Waals surface area contributed by atoms with Crippen LogP contribution in [0.3, 0.4) is 0 Å². The SMILES string of the molecule is Cc1cc(C(=O)N2CCCC(S(C)(=O)=O)CC2)co1. The van der Waals surface area contributed by atoms with Gasteiger partial charge in [-0.05, 0) is 32.3 Å². The Bertz CT molecular complexity index is 561. The zero-order valence-electron chi connectivity index (χ0n) is 11.3. The van der Waals surface area contributed by atoms with Gasteiger partial charge in [-0.15, -0.1) is 0 Å². The van der Waals surface area contributed by atoms with Gasteiger partial charge in [-0.1, -0.05) is 0 Å². The van der Waals surface area contributed by atoms with Gasteiger partial charge >= 0.3 is 0 Å². The Labute approximate surface area is 113 Å². The number of carbonyl (C=O) groups is 1. The third-order valence-corrected chi connectivity index (χ3v) is 5.23. The topological polar surface area (TPSA) is 67.6 Å². The van der Waals surface area contributed by atoms with Gasteiger partial charge in [0.15, 0.2) is 0 Å². The molecule has 0 N–H and O–H groups in total. The molecule has 1 fully saturated rings. The predicted molar refractivity (Wildman–Crippen MR) is 71.8 cm³/mol. The first kappa shape index (κ1) is 14.1. The fourth-order valence-corrected chi connectivity index (χ4v) is 3.56. The highest BCUT2D eigenvalue weighted by Crippen LogP contribution is 2.19. The molecule has 5 nitrogen and oxygen atoms in total. The molecule has 2 heterocycles. The van der Waals surface area contributed by atoms with E-state index in [0.717, 1.165) is 6.42 Å². The number of nitrogens with zero attached hydrogens (tertiary/aromatic N) is 1. The molecule has 106 valence electrons. The van der Waals surface area contributed by atoms with Crippen molar-refractivity contribution in [2.45, 2.75) is 31.4 Å². The lowest BCUT2D eigenvalue weighted by molar-refractivity contribution is 0.0761. The van der Waals surface area contributed by atoms with E-state index < -0.39 is 9.84 Å². The smallest absolute Gasteiger partial charge is 0.257 e. The second-order valence-electron chi connectivity index (χ2n) is 5.12. The van der Waals surface area contributed by atoms with Gasteiger partial charge in [0.25, 0.3) is 5.91 Å². The van der Waals surface area contributed by atoms with Gasteiger partial charge in [-0.3, -0.25) is 4.79 Å². The summed E-state index contributed by atoms with van der Waals surface area (Å²) < 4.78 is 28.3. The Morgan fingerprint density at radius 3 is 2.68 bits per heavy atom. The molecule has 1 unspecified atom stereocenters. The second kappa shape index (κ2) is 5.36. The molecule has 0 aliphatic carbocycles. The van der Waals surface area contributed by atoms with Crippen LogP contribution in [0.15, 0.2) is 16.7 Å².